The number of fused-ring (bicyclic) bond motifs is 1. The number of hydrogen-bond acceptors (Lipinski definition) is 3. The van der Waals surface area contributed by atoms with Crippen molar-refractivity contribution in [3.05, 3.63) is 42.1 Å². The monoisotopic (exact) mass is 256 g/mol. The van der Waals surface area contributed by atoms with Gasteiger partial charge in [0, 0.05) is 30.1 Å². The van der Waals surface area contributed by atoms with Crippen LogP contribution in [0.15, 0.2) is 36.5 Å². The van der Waals surface area contributed by atoms with Crippen molar-refractivity contribution in [2.75, 3.05) is 20.3 Å². The lowest BCUT2D eigenvalue weighted by Gasteiger charge is -2.31. The summed E-state index contributed by atoms with van der Waals surface area (Å²) in [5.41, 5.74) is 2.40. The van der Waals surface area contributed by atoms with Crippen LogP contribution in [0.1, 0.15) is 24.4 Å². The van der Waals surface area contributed by atoms with E-state index in [1.807, 2.05) is 19.3 Å². The first-order valence-electron chi connectivity index (χ1n) is 6.99. The Labute approximate surface area is 114 Å². The average Bonchev–Trinajstić information content (AvgIpc) is 2.49. The van der Waals surface area contributed by atoms with E-state index in [9.17, 15) is 0 Å². The van der Waals surface area contributed by atoms with Gasteiger partial charge in [-0.1, -0.05) is 18.2 Å². The molecule has 2 unspecified atom stereocenters. The van der Waals surface area contributed by atoms with E-state index in [-0.39, 0.29) is 0 Å². The number of nitrogens with zero attached hydrogens (tertiary/aromatic N) is 1. The van der Waals surface area contributed by atoms with Gasteiger partial charge in [0.05, 0.1) is 12.1 Å². The third-order valence-corrected chi connectivity index (χ3v) is 4.00. The summed E-state index contributed by atoms with van der Waals surface area (Å²) in [6, 6.07) is 10.8. The van der Waals surface area contributed by atoms with Crippen molar-refractivity contribution in [2.45, 2.75) is 18.9 Å². The molecule has 1 saturated heterocycles. The molecule has 1 aliphatic rings. The Morgan fingerprint density at radius 2 is 2.21 bits per heavy atom. The van der Waals surface area contributed by atoms with Crippen molar-refractivity contribution in [3.63, 3.8) is 0 Å². The third kappa shape index (κ3) is 2.48. The summed E-state index contributed by atoms with van der Waals surface area (Å²) in [7, 11) is 2.04. The Kier molecular flexibility index (Phi) is 3.76. The van der Waals surface area contributed by atoms with Crippen molar-refractivity contribution in [2.24, 2.45) is 5.92 Å². The number of hydrogen-bond donors (Lipinski definition) is 1. The van der Waals surface area contributed by atoms with Gasteiger partial charge in [0.15, 0.2) is 0 Å². The van der Waals surface area contributed by atoms with Crippen molar-refractivity contribution >= 4 is 10.9 Å². The number of pyridine rings is 1. The Bertz CT molecular complexity index is 544. The smallest absolute Gasteiger partial charge is 0.0705 e. The fourth-order valence-corrected chi connectivity index (χ4v) is 3.06. The second-order valence-corrected chi connectivity index (χ2v) is 5.16. The molecule has 3 rings (SSSR count). The summed E-state index contributed by atoms with van der Waals surface area (Å²) in [5, 5.41) is 4.72. The largest absolute Gasteiger partial charge is 0.381 e. The number of ether oxygens (including phenoxy) is 1. The zero-order chi connectivity index (χ0) is 13.1. The minimum Gasteiger partial charge on any atom is -0.381 e. The van der Waals surface area contributed by atoms with Gasteiger partial charge in [-0.15, -0.1) is 0 Å². The molecule has 2 aromatic rings. The van der Waals surface area contributed by atoms with E-state index in [0.717, 1.165) is 25.2 Å². The molecule has 2 atom stereocenters. The molecule has 1 aromatic carbocycles. The molecule has 0 radical (unpaired) electrons. The molecule has 1 aromatic heterocycles. The van der Waals surface area contributed by atoms with Crippen LogP contribution in [0.2, 0.25) is 0 Å². The fourth-order valence-electron chi connectivity index (χ4n) is 3.06. The topological polar surface area (TPSA) is 34.2 Å². The maximum atomic E-state index is 5.64. The van der Waals surface area contributed by atoms with Crippen LogP contribution in [0.3, 0.4) is 0 Å². The molecule has 100 valence electrons. The minimum absolute atomic E-state index is 0.341. The quantitative estimate of drug-likeness (QED) is 0.917. The lowest BCUT2D eigenvalue weighted by molar-refractivity contribution is 0.0404. The van der Waals surface area contributed by atoms with E-state index in [1.165, 1.54) is 17.4 Å². The molecular formula is C16H20N2O. The fraction of sp³-hybridized carbons (Fsp3) is 0.438. The van der Waals surface area contributed by atoms with Gasteiger partial charge in [0.1, 0.15) is 0 Å². The predicted molar refractivity (Wildman–Crippen MR) is 77.1 cm³/mol. The molecule has 2 heterocycles. The van der Waals surface area contributed by atoms with Crippen molar-refractivity contribution < 1.29 is 4.74 Å². The summed E-state index contributed by atoms with van der Waals surface area (Å²) >= 11 is 0. The standard InChI is InChI=1S/C16H20N2O/c1-17-16(12-5-4-10-19-11-12)14-8-9-18-15-7-3-2-6-13(14)15/h2-3,6-9,12,16-17H,4-5,10-11H2,1H3. The first-order valence-corrected chi connectivity index (χ1v) is 6.99. The summed E-state index contributed by atoms with van der Waals surface area (Å²) in [6.07, 6.45) is 4.29. The first kappa shape index (κ1) is 12.6. The Hall–Kier alpha value is -1.45. The lowest BCUT2D eigenvalue weighted by Crippen LogP contribution is -2.31. The maximum absolute atomic E-state index is 5.64. The molecule has 0 saturated carbocycles. The van der Waals surface area contributed by atoms with Crippen LogP contribution in [-0.2, 0) is 4.74 Å². The summed E-state index contributed by atoms with van der Waals surface area (Å²) < 4.78 is 5.64. The van der Waals surface area contributed by atoms with Gasteiger partial charge in [-0.05, 0) is 37.6 Å². The first-order chi connectivity index (χ1) is 9.40. The zero-order valence-electron chi connectivity index (χ0n) is 11.3. The van der Waals surface area contributed by atoms with Crippen LogP contribution < -0.4 is 5.32 Å². The van der Waals surface area contributed by atoms with Crippen LogP contribution in [0.4, 0.5) is 0 Å². The van der Waals surface area contributed by atoms with Gasteiger partial charge < -0.3 is 10.1 Å². The van der Waals surface area contributed by atoms with Gasteiger partial charge in [-0.2, -0.15) is 0 Å². The highest BCUT2D eigenvalue weighted by molar-refractivity contribution is 5.82. The van der Waals surface area contributed by atoms with Crippen LogP contribution >= 0.6 is 0 Å². The SMILES string of the molecule is CNC(c1ccnc2ccccc12)C1CCCOC1. The highest BCUT2D eigenvalue weighted by Gasteiger charge is 2.25. The number of rotatable bonds is 3. The highest BCUT2D eigenvalue weighted by atomic mass is 16.5. The van der Waals surface area contributed by atoms with Crippen molar-refractivity contribution in [1.29, 1.82) is 0 Å². The molecule has 0 spiro atoms. The van der Waals surface area contributed by atoms with E-state index in [4.69, 9.17) is 4.74 Å². The second kappa shape index (κ2) is 5.68. The number of aromatic nitrogens is 1. The van der Waals surface area contributed by atoms with Gasteiger partial charge >= 0.3 is 0 Å². The molecule has 19 heavy (non-hydrogen) atoms. The molecule has 3 nitrogen and oxygen atoms in total. The highest BCUT2D eigenvalue weighted by Crippen LogP contribution is 2.32. The van der Waals surface area contributed by atoms with E-state index in [1.54, 1.807) is 0 Å². The summed E-state index contributed by atoms with van der Waals surface area (Å²) in [4.78, 5) is 4.44. The Morgan fingerprint density at radius 1 is 1.32 bits per heavy atom. The lowest BCUT2D eigenvalue weighted by atomic mass is 9.87. The van der Waals surface area contributed by atoms with Crippen molar-refractivity contribution in [3.8, 4) is 0 Å². The van der Waals surface area contributed by atoms with Crippen LogP contribution in [0.5, 0.6) is 0 Å². The molecule has 1 N–H and O–H groups in total. The zero-order valence-corrected chi connectivity index (χ0v) is 11.3. The number of nitrogens with one attached hydrogen (secondary N) is 1. The van der Waals surface area contributed by atoms with E-state index in [0.29, 0.717) is 12.0 Å². The molecule has 0 bridgehead atoms. The van der Waals surface area contributed by atoms with Crippen LogP contribution in [0, 0.1) is 5.92 Å². The molecule has 0 aliphatic carbocycles. The number of para-hydroxylation sites is 1. The Morgan fingerprint density at radius 3 is 3.00 bits per heavy atom. The Balaban J connectivity index is 2.00. The second-order valence-electron chi connectivity index (χ2n) is 5.16. The summed E-state index contributed by atoms with van der Waals surface area (Å²) in [5.74, 6) is 0.546. The third-order valence-electron chi connectivity index (χ3n) is 4.00. The molecule has 0 amide bonds. The van der Waals surface area contributed by atoms with E-state index < -0.39 is 0 Å². The predicted octanol–water partition coefficient (Wildman–Crippen LogP) is 2.92. The minimum atomic E-state index is 0.341. The van der Waals surface area contributed by atoms with Crippen LogP contribution in [0.25, 0.3) is 10.9 Å². The molecule has 1 aliphatic heterocycles. The molecule has 1 fully saturated rings. The molecular weight excluding hydrogens is 236 g/mol. The maximum Gasteiger partial charge on any atom is 0.0705 e. The van der Waals surface area contributed by atoms with Crippen LogP contribution in [-0.4, -0.2) is 25.2 Å². The number of benzene rings is 1. The van der Waals surface area contributed by atoms with Gasteiger partial charge in [0.25, 0.3) is 0 Å². The van der Waals surface area contributed by atoms with E-state index >= 15 is 0 Å². The van der Waals surface area contributed by atoms with Gasteiger partial charge in [-0.3, -0.25) is 4.98 Å². The summed E-state index contributed by atoms with van der Waals surface area (Å²) in [6.45, 7) is 1.76. The van der Waals surface area contributed by atoms with Crippen molar-refractivity contribution in [1.82, 2.24) is 10.3 Å². The van der Waals surface area contributed by atoms with Gasteiger partial charge in [0.2, 0.25) is 0 Å². The van der Waals surface area contributed by atoms with E-state index in [2.05, 4.69) is 34.6 Å². The molecule has 3 heteroatoms. The normalized spacial score (nSPS) is 21.4. The van der Waals surface area contributed by atoms with Gasteiger partial charge in [-0.25, -0.2) is 0 Å². The average molecular weight is 256 g/mol.